The zero-order valence-electron chi connectivity index (χ0n) is 19.4. The highest BCUT2D eigenvalue weighted by atomic mass is 32.2. The van der Waals surface area contributed by atoms with Crippen LogP contribution in [-0.4, -0.2) is 60.9 Å². The van der Waals surface area contributed by atoms with Gasteiger partial charge in [-0.05, 0) is 37.8 Å². The topological polar surface area (TPSA) is 90.1 Å². The van der Waals surface area contributed by atoms with Gasteiger partial charge in [0, 0.05) is 62.3 Å². The number of hydrogen-bond donors (Lipinski definition) is 5. The molecule has 2 fully saturated rings. The highest BCUT2D eigenvalue weighted by Gasteiger charge is 2.26. The van der Waals surface area contributed by atoms with E-state index in [-0.39, 0.29) is 5.91 Å². The summed E-state index contributed by atoms with van der Waals surface area (Å²) in [5, 5.41) is 18.0. The highest BCUT2D eigenvalue weighted by molar-refractivity contribution is 8.00. The molecule has 0 unspecified atom stereocenters. The quantitative estimate of drug-likeness (QED) is 0.440. The molecule has 4 atom stereocenters. The molecule has 0 spiro atoms. The third kappa shape index (κ3) is 6.90. The second-order valence-corrected chi connectivity index (χ2v) is 10.5. The van der Waals surface area contributed by atoms with Crippen LogP contribution in [-0.2, 0) is 17.9 Å². The number of nitrogens with one attached hydrogen (secondary N) is 5. The molecule has 0 radical (unpaired) electrons. The fraction of sp³-hybridized carbons (Fsp3) is 0.750. The second kappa shape index (κ2) is 12.3. The first-order chi connectivity index (χ1) is 15.7. The number of amides is 1. The molecule has 2 heterocycles. The third-order valence-electron chi connectivity index (χ3n) is 7.11. The molecule has 178 valence electrons. The number of rotatable bonds is 3. The standard InChI is InChI=1S/C24H40N6OS/c1-25-24(31)16-32-19-12-17-14-28-22-8-4-2-6-20(22)26-10-11-27-21-7-3-5-9-23(21)29-15-18(13-19)30-17/h12-13,20-23,26-29H,2-11,14-16H2,1H3,(H,25,31)/t20-,21-,22-,23-/m1/s1. The van der Waals surface area contributed by atoms with Crippen molar-refractivity contribution in [3.63, 3.8) is 0 Å². The summed E-state index contributed by atoms with van der Waals surface area (Å²) in [4.78, 5) is 17.9. The van der Waals surface area contributed by atoms with Crippen LogP contribution in [0.2, 0.25) is 0 Å². The van der Waals surface area contributed by atoms with Gasteiger partial charge in [-0.25, -0.2) is 0 Å². The van der Waals surface area contributed by atoms with Crippen molar-refractivity contribution in [1.82, 2.24) is 31.6 Å². The van der Waals surface area contributed by atoms with Crippen LogP contribution < -0.4 is 26.6 Å². The van der Waals surface area contributed by atoms with E-state index in [0.29, 0.717) is 29.9 Å². The van der Waals surface area contributed by atoms with E-state index >= 15 is 0 Å². The molecule has 2 aliphatic carbocycles. The lowest BCUT2D eigenvalue weighted by Crippen LogP contribution is -2.53. The average Bonchev–Trinajstić information content (AvgIpc) is 2.83. The minimum absolute atomic E-state index is 0.0526. The Morgan fingerprint density at radius 3 is 1.81 bits per heavy atom. The Bertz CT molecular complexity index is 699. The van der Waals surface area contributed by atoms with Crippen molar-refractivity contribution in [2.75, 3.05) is 25.9 Å². The molecule has 0 saturated heterocycles. The van der Waals surface area contributed by atoms with E-state index < -0.39 is 0 Å². The van der Waals surface area contributed by atoms with E-state index in [0.717, 1.165) is 42.5 Å². The lowest BCUT2D eigenvalue weighted by Gasteiger charge is -2.34. The number of fused-ring (bicyclic) bond motifs is 4. The molecule has 1 aromatic heterocycles. The van der Waals surface area contributed by atoms with Gasteiger partial charge in [0.05, 0.1) is 17.1 Å². The molecule has 1 aromatic rings. The van der Waals surface area contributed by atoms with E-state index in [1.165, 1.54) is 51.4 Å². The van der Waals surface area contributed by atoms with Crippen molar-refractivity contribution in [2.24, 2.45) is 0 Å². The molecule has 1 aliphatic heterocycles. The van der Waals surface area contributed by atoms with Gasteiger partial charge >= 0.3 is 0 Å². The fourth-order valence-electron chi connectivity index (χ4n) is 5.33. The summed E-state index contributed by atoms with van der Waals surface area (Å²) in [6.45, 7) is 3.60. The van der Waals surface area contributed by atoms with E-state index in [4.69, 9.17) is 4.98 Å². The van der Waals surface area contributed by atoms with Crippen molar-refractivity contribution in [2.45, 2.75) is 93.5 Å². The molecule has 2 saturated carbocycles. The number of pyridine rings is 1. The van der Waals surface area contributed by atoms with Crippen LogP contribution in [0.3, 0.4) is 0 Å². The summed E-state index contributed by atoms with van der Waals surface area (Å²) in [5.41, 5.74) is 2.14. The number of carbonyl (C=O) groups excluding carboxylic acids is 1. The summed E-state index contributed by atoms with van der Waals surface area (Å²) in [6, 6.07) is 6.34. The van der Waals surface area contributed by atoms with Crippen LogP contribution in [0.5, 0.6) is 0 Å². The first-order valence-electron chi connectivity index (χ1n) is 12.5. The smallest absolute Gasteiger partial charge is 0.230 e. The van der Waals surface area contributed by atoms with Gasteiger partial charge in [0.1, 0.15) is 0 Å². The molecular weight excluding hydrogens is 420 g/mol. The van der Waals surface area contributed by atoms with Gasteiger partial charge in [0.15, 0.2) is 0 Å². The highest BCUT2D eigenvalue weighted by Crippen LogP contribution is 2.23. The number of thioether (sulfide) groups is 1. The zero-order chi connectivity index (χ0) is 22.2. The predicted octanol–water partition coefficient (Wildman–Crippen LogP) is 1.91. The summed E-state index contributed by atoms with van der Waals surface area (Å²) >= 11 is 1.59. The molecule has 1 amide bonds. The van der Waals surface area contributed by atoms with Crippen molar-refractivity contribution in [3.05, 3.63) is 23.5 Å². The first kappa shape index (κ1) is 24.0. The van der Waals surface area contributed by atoms with Gasteiger partial charge in [-0.3, -0.25) is 9.78 Å². The van der Waals surface area contributed by atoms with Gasteiger partial charge in [0.2, 0.25) is 5.91 Å². The summed E-state index contributed by atoms with van der Waals surface area (Å²) in [5.74, 6) is 0.487. The summed E-state index contributed by atoms with van der Waals surface area (Å²) in [7, 11) is 1.69. The Labute approximate surface area is 197 Å². The Hall–Kier alpha value is -1.19. The largest absolute Gasteiger partial charge is 0.358 e. The lowest BCUT2D eigenvalue weighted by molar-refractivity contribution is -0.118. The van der Waals surface area contributed by atoms with Crippen molar-refractivity contribution < 1.29 is 4.79 Å². The Kier molecular flexibility index (Phi) is 9.22. The molecule has 7 nitrogen and oxygen atoms in total. The molecule has 8 heteroatoms. The zero-order valence-corrected chi connectivity index (χ0v) is 20.2. The molecule has 32 heavy (non-hydrogen) atoms. The first-order valence-corrected chi connectivity index (χ1v) is 13.5. The van der Waals surface area contributed by atoms with E-state index in [9.17, 15) is 4.79 Å². The summed E-state index contributed by atoms with van der Waals surface area (Å²) < 4.78 is 0. The van der Waals surface area contributed by atoms with E-state index in [1.54, 1.807) is 18.8 Å². The van der Waals surface area contributed by atoms with Crippen molar-refractivity contribution in [1.29, 1.82) is 0 Å². The van der Waals surface area contributed by atoms with Crippen molar-refractivity contribution >= 4 is 17.7 Å². The number of hydrogen-bond acceptors (Lipinski definition) is 7. The normalized spacial score (nSPS) is 29.7. The Morgan fingerprint density at radius 1 is 0.875 bits per heavy atom. The van der Waals surface area contributed by atoms with Crippen LogP contribution in [0.15, 0.2) is 17.0 Å². The minimum Gasteiger partial charge on any atom is -0.358 e. The summed E-state index contributed by atoms with van der Waals surface area (Å²) in [6.07, 6.45) is 10.1. The molecule has 4 rings (SSSR count). The van der Waals surface area contributed by atoms with Crippen LogP contribution in [0.4, 0.5) is 0 Å². The maximum atomic E-state index is 11.8. The van der Waals surface area contributed by atoms with Gasteiger partial charge in [0.25, 0.3) is 0 Å². The minimum atomic E-state index is 0.0526. The van der Waals surface area contributed by atoms with Gasteiger partial charge < -0.3 is 26.6 Å². The number of carbonyl (C=O) groups is 1. The monoisotopic (exact) mass is 460 g/mol. The van der Waals surface area contributed by atoms with Gasteiger partial charge in [-0.15, -0.1) is 11.8 Å². The fourth-order valence-corrected chi connectivity index (χ4v) is 6.21. The van der Waals surface area contributed by atoms with Crippen LogP contribution in [0.1, 0.15) is 62.8 Å². The third-order valence-corrected chi connectivity index (χ3v) is 8.09. The molecular formula is C24H40N6OS. The lowest BCUT2D eigenvalue weighted by atomic mass is 9.89. The Morgan fingerprint density at radius 2 is 1.34 bits per heavy atom. The van der Waals surface area contributed by atoms with Crippen LogP contribution in [0.25, 0.3) is 0 Å². The second-order valence-electron chi connectivity index (χ2n) is 9.41. The predicted molar refractivity (Wildman–Crippen MR) is 131 cm³/mol. The SMILES string of the molecule is CNC(=O)CSc1cc2nc(c1)CN[C@@H]1CCCC[C@H]1NCCN[C@@H]1CCCC[C@H]1NC2. The van der Waals surface area contributed by atoms with Crippen LogP contribution >= 0.6 is 11.8 Å². The molecule has 2 bridgehead atoms. The number of nitrogens with zero attached hydrogens (tertiary/aromatic N) is 1. The number of aromatic nitrogens is 1. The maximum Gasteiger partial charge on any atom is 0.230 e. The molecule has 5 N–H and O–H groups in total. The van der Waals surface area contributed by atoms with E-state index in [1.807, 2.05) is 0 Å². The van der Waals surface area contributed by atoms with Gasteiger partial charge in [-0.2, -0.15) is 0 Å². The maximum absolute atomic E-state index is 11.8. The van der Waals surface area contributed by atoms with Crippen molar-refractivity contribution in [3.8, 4) is 0 Å². The Balaban J connectivity index is 1.52. The molecule has 3 aliphatic rings. The van der Waals surface area contributed by atoms with Gasteiger partial charge in [-0.1, -0.05) is 25.7 Å². The van der Waals surface area contributed by atoms with Crippen LogP contribution in [0, 0.1) is 0 Å². The average molecular weight is 461 g/mol. The molecule has 0 aromatic carbocycles. The van der Waals surface area contributed by atoms with E-state index in [2.05, 4.69) is 38.7 Å².